The van der Waals surface area contributed by atoms with E-state index >= 15 is 0 Å². The van der Waals surface area contributed by atoms with E-state index in [0.29, 0.717) is 0 Å². The largest absolute Gasteiger partial charge is 0.394 e. The van der Waals surface area contributed by atoms with Crippen molar-refractivity contribution >= 4 is 0 Å². The molecule has 14 bridgehead atoms. The Morgan fingerprint density at radius 3 is 0.640 bits per heavy atom. The van der Waals surface area contributed by atoms with Crippen molar-refractivity contribution in [3.05, 3.63) is 0 Å². The predicted octanol–water partition coefficient (Wildman–Crippen LogP) is -17.2. The lowest BCUT2D eigenvalue weighted by Crippen LogP contribution is -2.68. The highest BCUT2D eigenvalue weighted by Crippen LogP contribution is 2.39. The van der Waals surface area contributed by atoms with Crippen molar-refractivity contribution in [1.82, 2.24) is 5.32 Å². The number of rotatable bonds is 11. The number of ether oxygens (including phenoxy) is 16. The van der Waals surface area contributed by atoms with Crippen molar-refractivity contribution < 1.29 is 193 Å². The topological polar surface area (TPSA) is 625 Å². The smallest absolute Gasteiger partial charge is 0.187 e. The molecule has 22 aliphatic heterocycles. The molecule has 518 valence electrons. The van der Waals surface area contributed by atoms with Gasteiger partial charge in [0.2, 0.25) is 0 Å². The molecule has 0 aliphatic carbocycles. The summed E-state index contributed by atoms with van der Waals surface area (Å²) in [6, 6.07) is 0. The zero-order chi connectivity index (χ0) is 64.8. The highest BCUT2D eigenvalue weighted by molar-refractivity contribution is 5.02. The third-order valence-electron chi connectivity index (χ3n) is 17.2. The number of aliphatic hydroxyl groups is 23. The third kappa shape index (κ3) is 14.4. The number of nitrogens with one attached hydrogen (secondary N) is 1. The van der Waals surface area contributed by atoms with Gasteiger partial charge >= 0.3 is 0 Å². The Hall–Kier alpha value is -1.60. The van der Waals surface area contributed by atoms with Crippen LogP contribution in [0.5, 0.6) is 0 Å². The van der Waals surface area contributed by atoms with Crippen molar-refractivity contribution in [3.63, 3.8) is 0 Å². The molecule has 22 aliphatic rings. The molecule has 0 aromatic carbocycles. The number of aliphatic hydroxyl groups excluding tert-OH is 23. The van der Waals surface area contributed by atoms with Gasteiger partial charge in [0.15, 0.2) is 50.3 Å². The van der Waals surface area contributed by atoms with Crippen molar-refractivity contribution in [1.29, 1.82) is 0 Å². The fraction of sp³-hybridized carbons (Fsp3) is 1.00. The van der Waals surface area contributed by atoms with Crippen LogP contribution in [0.3, 0.4) is 0 Å². The molecule has 24 N–H and O–H groups in total. The summed E-state index contributed by atoms with van der Waals surface area (Å²) in [4.78, 5) is 0. The number of hydrogen-bond donors (Lipinski definition) is 24. The first-order valence-electron chi connectivity index (χ1n) is 28.6. The molecular formula is C49H83NO39. The minimum Gasteiger partial charge on any atom is -0.394 e. The molecule has 0 aromatic heterocycles. The van der Waals surface area contributed by atoms with Crippen LogP contribution in [0.2, 0.25) is 0 Å². The lowest BCUT2D eigenvalue weighted by atomic mass is 9.95. The number of hydrogen-bond acceptors (Lipinski definition) is 40. The highest BCUT2D eigenvalue weighted by Gasteiger charge is 2.60. The summed E-state index contributed by atoms with van der Waals surface area (Å²) in [7, 11) is 1.14. The van der Waals surface area contributed by atoms with E-state index in [1.165, 1.54) is 0 Å². The van der Waals surface area contributed by atoms with Crippen molar-refractivity contribution in [3.8, 4) is 0 Å². The van der Waals surface area contributed by atoms with Gasteiger partial charge in [-0.1, -0.05) is 0 Å². The van der Waals surface area contributed by atoms with Gasteiger partial charge in [0, 0.05) is 20.2 Å². The zero-order valence-corrected chi connectivity index (χ0v) is 47.1. The van der Waals surface area contributed by atoms with E-state index in [0.717, 1.165) is 7.11 Å². The second-order valence-electron chi connectivity index (χ2n) is 22.9. The second kappa shape index (κ2) is 30.6. The molecule has 0 amide bonds. The van der Waals surface area contributed by atoms with E-state index in [9.17, 15) is 117 Å². The Morgan fingerprint density at radius 1 is 0.225 bits per heavy atom. The maximum absolute atomic E-state index is 11.9. The van der Waals surface area contributed by atoms with Gasteiger partial charge in [-0.05, 0) is 0 Å². The molecule has 0 spiro atoms. The summed E-state index contributed by atoms with van der Waals surface area (Å²) in [6.45, 7) is -7.45. The van der Waals surface area contributed by atoms with Gasteiger partial charge in [-0.25, -0.2) is 0 Å². The molecule has 22 saturated heterocycles. The van der Waals surface area contributed by atoms with E-state index in [1.807, 2.05) is 0 Å². The fourth-order valence-electron chi connectivity index (χ4n) is 12.1. The molecular weight excluding hydrogens is 1230 g/mol. The summed E-state index contributed by atoms with van der Waals surface area (Å²) in [5.74, 6) is 0. The summed E-state index contributed by atoms with van der Waals surface area (Å²) >= 11 is 0. The van der Waals surface area contributed by atoms with E-state index in [-0.39, 0.29) is 0 Å². The molecule has 22 rings (SSSR count). The standard InChI is InChI=1S/C49H83NO39/c1-74-42-27(66)19(58)18(57)10(75-42)2-50-3-11-35-20(59)28(67)43(76-11)84-36-12(4-51)78-45(30(69)22(36)61)86-38-14(6-53)80-47(32(71)24(38)63)88-40-16(8-55)82-49(34(73)26(40)65)89-41-17(9-56)81-48(33(72)25(41)64)87-39-15(7-54)79-46(31(70)23(39)62)85-37-13(5-52)77-44(83-35)29(68)21(37)60/h10-73H,2-9H2,1H3/t10-,11-,12-,13-,14-,15-,16-,17-,18+,19+,20-,21-,22-,23-,24-,25-,26-,27-,28-,29-,30-,31-,32-,33-,34-,35-,36-,37-,38-,39-,40-,41-,42+,43-,44-,45-,46-,47-,48-,49-/m1/s1. The average Bonchev–Trinajstić information content (AvgIpc) is 2.63. The minimum atomic E-state index is -2.28. The molecule has 22 heterocycles. The van der Waals surface area contributed by atoms with Crippen LogP contribution in [-0.4, -0.2) is 423 Å². The lowest BCUT2D eigenvalue weighted by molar-refractivity contribution is -0.396. The Morgan fingerprint density at radius 2 is 0.427 bits per heavy atom. The fourth-order valence-corrected chi connectivity index (χ4v) is 12.1. The Labute approximate surface area is 503 Å². The van der Waals surface area contributed by atoms with Gasteiger partial charge in [0.25, 0.3) is 0 Å². The van der Waals surface area contributed by atoms with Gasteiger partial charge < -0.3 is 199 Å². The minimum absolute atomic E-state index is 0.410. The Kier molecular flexibility index (Phi) is 24.7. The average molecular weight is 1310 g/mol. The molecule has 40 heteroatoms. The van der Waals surface area contributed by atoms with Crippen molar-refractivity contribution in [2.75, 3.05) is 59.8 Å². The normalized spacial score (nSPS) is 54.7. The quantitative estimate of drug-likeness (QED) is 0.0913. The van der Waals surface area contributed by atoms with Crippen LogP contribution in [0, 0.1) is 0 Å². The molecule has 40 atom stereocenters. The summed E-state index contributed by atoms with van der Waals surface area (Å²) in [5, 5.41) is 258. The van der Waals surface area contributed by atoms with Crippen LogP contribution in [0.1, 0.15) is 0 Å². The van der Waals surface area contributed by atoms with E-state index in [4.69, 9.17) is 75.8 Å². The summed E-state index contributed by atoms with van der Waals surface area (Å²) in [6.07, 6.45) is -79.8. The maximum Gasteiger partial charge on any atom is 0.187 e. The SMILES string of the molecule is CO[C@H]1O[C@H](CNC[C@H]2O[C@@H]3O[C@H]4[C@H](O)[C@@H](O)[C@@H](O[C@H]5[C@H](O)[C@@H](O)[C@@H](O[C@H]6[C@H](O)[C@@H](O)[C@@H](O[C@H]7[C@H](O)[C@@H](O)[C@@H](O[C@H]8[C@H](O)[C@@H](O)[C@@H](O[C@H]9[C@H](O)[C@@H](O)[C@@H](O[C@H]2[C@H](O)[C@H]3O)O[C@@H]9CO)O[C@@H]8CO)O[C@@H]7CO)O[C@@H]6CO)O[C@@H]5CO)O[C@@H]4CO)[C@H](O)[C@H](O)[C@H]1O. The molecule has 40 nitrogen and oxygen atoms in total. The van der Waals surface area contributed by atoms with Crippen molar-refractivity contribution in [2.45, 2.75) is 246 Å². The summed E-state index contributed by atoms with van der Waals surface area (Å²) < 4.78 is 91.7. The van der Waals surface area contributed by atoms with Gasteiger partial charge in [-0.2, -0.15) is 0 Å². The molecule has 0 aromatic rings. The first-order valence-corrected chi connectivity index (χ1v) is 28.6. The summed E-state index contributed by atoms with van der Waals surface area (Å²) in [5.41, 5.74) is 0. The van der Waals surface area contributed by atoms with Crippen LogP contribution < -0.4 is 5.32 Å². The van der Waals surface area contributed by atoms with Gasteiger partial charge in [0.1, 0.15) is 195 Å². The van der Waals surface area contributed by atoms with Gasteiger partial charge in [0.05, 0.1) is 39.6 Å². The van der Waals surface area contributed by atoms with Gasteiger partial charge in [-0.15, -0.1) is 0 Å². The van der Waals surface area contributed by atoms with Crippen LogP contribution in [-0.2, 0) is 75.8 Å². The van der Waals surface area contributed by atoms with E-state index in [2.05, 4.69) is 5.32 Å². The van der Waals surface area contributed by atoms with Crippen LogP contribution >= 0.6 is 0 Å². The van der Waals surface area contributed by atoms with E-state index in [1.54, 1.807) is 0 Å². The maximum atomic E-state index is 11.9. The van der Waals surface area contributed by atoms with Crippen LogP contribution in [0.4, 0.5) is 0 Å². The van der Waals surface area contributed by atoms with E-state index < -0.39 is 298 Å². The number of methoxy groups -OCH3 is 1. The third-order valence-corrected chi connectivity index (χ3v) is 17.2. The lowest BCUT2D eigenvalue weighted by Gasteiger charge is -2.50. The molecule has 0 radical (unpaired) electrons. The van der Waals surface area contributed by atoms with Crippen LogP contribution in [0.15, 0.2) is 0 Å². The first kappa shape index (κ1) is 71.7. The van der Waals surface area contributed by atoms with Crippen LogP contribution in [0.25, 0.3) is 0 Å². The second-order valence-corrected chi connectivity index (χ2v) is 22.9. The first-order chi connectivity index (χ1) is 42.4. The Balaban J connectivity index is 1.01. The molecule has 0 unspecified atom stereocenters. The highest BCUT2D eigenvalue weighted by atomic mass is 16.8. The predicted molar refractivity (Wildman–Crippen MR) is 268 cm³/mol. The van der Waals surface area contributed by atoms with Crippen molar-refractivity contribution in [2.24, 2.45) is 0 Å². The zero-order valence-electron chi connectivity index (χ0n) is 47.1. The molecule has 89 heavy (non-hydrogen) atoms. The molecule has 0 saturated carbocycles. The van der Waals surface area contributed by atoms with Gasteiger partial charge in [-0.3, -0.25) is 0 Å². The monoisotopic (exact) mass is 1310 g/mol. The molecule has 22 fully saturated rings. The Bertz CT molecular complexity index is 2160.